The number of nitrogens with zero attached hydrogens (tertiary/aromatic N) is 1. The average molecular weight is 171 g/mol. The monoisotopic (exact) mass is 171 g/mol. The first-order valence-electron chi connectivity index (χ1n) is 4.86. The number of morpholine rings is 1. The fourth-order valence-corrected chi connectivity index (χ4v) is 1.83. The fraction of sp³-hybridized carbons (Fsp3) is 1.00. The van der Waals surface area contributed by atoms with Gasteiger partial charge < -0.3 is 9.84 Å². The zero-order valence-electron chi connectivity index (χ0n) is 7.41. The van der Waals surface area contributed by atoms with Gasteiger partial charge in [0.2, 0.25) is 0 Å². The quantitative estimate of drug-likeness (QED) is 0.660. The van der Waals surface area contributed by atoms with Crippen molar-refractivity contribution in [2.75, 3.05) is 26.3 Å². The molecular weight excluding hydrogens is 154 g/mol. The molecule has 70 valence electrons. The molecule has 0 aromatic heterocycles. The summed E-state index contributed by atoms with van der Waals surface area (Å²) in [4.78, 5) is 2.50. The van der Waals surface area contributed by atoms with E-state index in [1.165, 1.54) is 12.8 Å². The molecule has 12 heavy (non-hydrogen) atoms. The van der Waals surface area contributed by atoms with Crippen LogP contribution in [0.3, 0.4) is 0 Å². The van der Waals surface area contributed by atoms with Crippen molar-refractivity contribution in [3.05, 3.63) is 0 Å². The molecule has 1 aliphatic carbocycles. The smallest absolute Gasteiger partial charge is 0.0724 e. The van der Waals surface area contributed by atoms with Crippen LogP contribution in [0.4, 0.5) is 0 Å². The van der Waals surface area contributed by atoms with E-state index >= 15 is 0 Å². The molecule has 1 saturated heterocycles. The molecule has 1 atom stereocenters. The Morgan fingerprint density at radius 1 is 1.42 bits per heavy atom. The van der Waals surface area contributed by atoms with Gasteiger partial charge in [0, 0.05) is 25.7 Å². The molecule has 3 nitrogen and oxygen atoms in total. The molecule has 2 rings (SSSR count). The van der Waals surface area contributed by atoms with E-state index < -0.39 is 0 Å². The third-order valence-corrected chi connectivity index (χ3v) is 2.68. The zero-order chi connectivity index (χ0) is 8.39. The summed E-state index contributed by atoms with van der Waals surface area (Å²) in [6.07, 6.45) is 3.81. The minimum absolute atomic E-state index is 0.253. The first-order chi connectivity index (χ1) is 5.90. The summed E-state index contributed by atoms with van der Waals surface area (Å²) in [7, 11) is 0. The first kappa shape index (κ1) is 8.48. The fourth-order valence-electron chi connectivity index (χ4n) is 1.83. The Morgan fingerprint density at radius 2 is 2.25 bits per heavy atom. The molecule has 0 radical (unpaired) electrons. The summed E-state index contributed by atoms with van der Waals surface area (Å²) in [6.45, 7) is 3.22. The lowest BCUT2D eigenvalue weighted by Crippen LogP contribution is -2.43. The van der Waals surface area contributed by atoms with Crippen LogP contribution >= 0.6 is 0 Å². The van der Waals surface area contributed by atoms with Crippen LogP contribution in [0, 0.1) is 0 Å². The summed E-state index contributed by atoms with van der Waals surface area (Å²) in [5, 5.41) is 8.76. The highest BCUT2D eigenvalue weighted by Crippen LogP contribution is 2.28. The highest BCUT2D eigenvalue weighted by atomic mass is 16.5. The van der Waals surface area contributed by atoms with E-state index in [1.54, 1.807) is 0 Å². The Kier molecular flexibility index (Phi) is 2.63. The SMILES string of the molecule is OCCC1CN(C2CC2)CCO1. The van der Waals surface area contributed by atoms with Gasteiger partial charge in [0.15, 0.2) is 0 Å². The average Bonchev–Trinajstić information content (AvgIpc) is 2.88. The molecule has 1 heterocycles. The van der Waals surface area contributed by atoms with Crippen LogP contribution < -0.4 is 0 Å². The summed E-state index contributed by atoms with van der Waals surface area (Å²) in [6, 6.07) is 0.843. The Bertz CT molecular complexity index is 145. The number of hydrogen-bond donors (Lipinski definition) is 1. The van der Waals surface area contributed by atoms with Gasteiger partial charge in [0.25, 0.3) is 0 Å². The van der Waals surface area contributed by atoms with Crippen LogP contribution in [0.1, 0.15) is 19.3 Å². The first-order valence-corrected chi connectivity index (χ1v) is 4.86. The van der Waals surface area contributed by atoms with Crippen molar-refractivity contribution in [1.82, 2.24) is 4.90 Å². The lowest BCUT2D eigenvalue weighted by molar-refractivity contribution is -0.0408. The number of aliphatic hydroxyl groups is 1. The predicted octanol–water partition coefficient (Wildman–Crippen LogP) is 0.232. The summed E-state index contributed by atoms with van der Waals surface area (Å²) in [5.41, 5.74) is 0. The lowest BCUT2D eigenvalue weighted by atomic mass is 10.2. The van der Waals surface area contributed by atoms with Gasteiger partial charge in [-0.25, -0.2) is 0 Å². The molecule has 0 spiro atoms. The molecule has 1 unspecified atom stereocenters. The van der Waals surface area contributed by atoms with Crippen molar-refractivity contribution in [3.63, 3.8) is 0 Å². The minimum atomic E-state index is 0.253. The summed E-state index contributed by atoms with van der Waals surface area (Å²) in [5.74, 6) is 0. The highest BCUT2D eigenvalue weighted by Gasteiger charge is 2.32. The maximum Gasteiger partial charge on any atom is 0.0724 e. The molecule has 0 bridgehead atoms. The molecule has 2 fully saturated rings. The van der Waals surface area contributed by atoms with Crippen LogP contribution in [0.2, 0.25) is 0 Å². The number of hydrogen-bond acceptors (Lipinski definition) is 3. The third-order valence-electron chi connectivity index (χ3n) is 2.68. The number of rotatable bonds is 3. The molecule has 0 amide bonds. The van der Waals surface area contributed by atoms with Gasteiger partial charge in [-0.1, -0.05) is 0 Å². The van der Waals surface area contributed by atoms with Crippen LogP contribution in [0.25, 0.3) is 0 Å². The van der Waals surface area contributed by atoms with E-state index in [2.05, 4.69) is 4.90 Å². The summed E-state index contributed by atoms with van der Waals surface area (Å²) < 4.78 is 5.52. The van der Waals surface area contributed by atoms with E-state index in [-0.39, 0.29) is 12.7 Å². The van der Waals surface area contributed by atoms with Crippen molar-refractivity contribution in [3.8, 4) is 0 Å². The molecule has 0 aromatic rings. The Hall–Kier alpha value is -0.120. The number of aliphatic hydroxyl groups excluding tert-OH is 1. The molecule has 3 heteroatoms. The van der Waals surface area contributed by atoms with Crippen LogP contribution in [-0.2, 0) is 4.74 Å². The normalized spacial score (nSPS) is 32.2. The highest BCUT2D eigenvalue weighted by molar-refractivity contribution is 4.87. The van der Waals surface area contributed by atoms with Crippen LogP contribution in [0.5, 0.6) is 0 Å². The minimum Gasteiger partial charge on any atom is -0.396 e. The largest absolute Gasteiger partial charge is 0.396 e. The van der Waals surface area contributed by atoms with Gasteiger partial charge in [-0.15, -0.1) is 0 Å². The van der Waals surface area contributed by atoms with E-state index in [9.17, 15) is 0 Å². The third kappa shape index (κ3) is 1.97. The van der Waals surface area contributed by atoms with E-state index in [1.807, 2.05) is 0 Å². The van der Waals surface area contributed by atoms with Crippen LogP contribution in [0.15, 0.2) is 0 Å². The predicted molar refractivity (Wildman–Crippen MR) is 46.0 cm³/mol. The van der Waals surface area contributed by atoms with Gasteiger partial charge in [0.1, 0.15) is 0 Å². The van der Waals surface area contributed by atoms with Crippen LogP contribution in [-0.4, -0.2) is 48.5 Å². The summed E-state index contributed by atoms with van der Waals surface area (Å²) >= 11 is 0. The van der Waals surface area contributed by atoms with Crippen molar-refractivity contribution in [2.24, 2.45) is 0 Å². The Morgan fingerprint density at radius 3 is 2.92 bits per heavy atom. The van der Waals surface area contributed by atoms with E-state index in [0.717, 1.165) is 32.2 Å². The topological polar surface area (TPSA) is 32.7 Å². The second-order valence-corrected chi connectivity index (χ2v) is 3.73. The van der Waals surface area contributed by atoms with Crippen molar-refractivity contribution >= 4 is 0 Å². The molecule has 1 N–H and O–H groups in total. The molecule has 1 aliphatic heterocycles. The van der Waals surface area contributed by atoms with E-state index in [4.69, 9.17) is 9.84 Å². The standard InChI is InChI=1S/C9H17NO2/c11-5-3-9-7-10(4-6-12-9)8-1-2-8/h8-9,11H,1-7H2. The van der Waals surface area contributed by atoms with Gasteiger partial charge in [-0.2, -0.15) is 0 Å². The number of ether oxygens (including phenoxy) is 1. The van der Waals surface area contributed by atoms with E-state index in [0.29, 0.717) is 0 Å². The Labute approximate surface area is 73.3 Å². The molecule has 1 saturated carbocycles. The maximum absolute atomic E-state index is 8.76. The Balaban J connectivity index is 1.77. The molecule has 2 aliphatic rings. The van der Waals surface area contributed by atoms with Crippen molar-refractivity contribution in [2.45, 2.75) is 31.4 Å². The van der Waals surface area contributed by atoms with Gasteiger partial charge in [-0.05, 0) is 19.3 Å². The molecule has 0 aromatic carbocycles. The van der Waals surface area contributed by atoms with Crippen molar-refractivity contribution < 1.29 is 9.84 Å². The van der Waals surface area contributed by atoms with Crippen molar-refractivity contribution in [1.29, 1.82) is 0 Å². The maximum atomic E-state index is 8.76. The second-order valence-electron chi connectivity index (χ2n) is 3.73. The van der Waals surface area contributed by atoms with Gasteiger partial charge in [-0.3, -0.25) is 4.90 Å². The second kappa shape index (κ2) is 3.73. The van der Waals surface area contributed by atoms with Gasteiger partial charge in [0.05, 0.1) is 12.7 Å². The molecular formula is C9H17NO2. The van der Waals surface area contributed by atoms with Gasteiger partial charge >= 0.3 is 0 Å². The zero-order valence-corrected chi connectivity index (χ0v) is 7.41. The lowest BCUT2D eigenvalue weighted by Gasteiger charge is -2.32.